The van der Waals surface area contributed by atoms with Gasteiger partial charge in [-0.05, 0) is 32.9 Å². The number of aromatic nitrogens is 1. The highest BCUT2D eigenvalue weighted by Gasteiger charge is 2.30. The largest absolute Gasteiger partial charge is 0.416 e. The van der Waals surface area contributed by atoms with Crippen LogP contribution in [0.4, 0.5) is 19.0 Å². The van der Waals surface area contributed by atoms with Crippen LogP contribution in [0.3, 0.4) is 0 Å². The van der Waals surface area contributed by atoms with Gasteiger partial charge in [-0.3, -0.25) is 0 Å². The third-order valence-electron chi connectivity index (χ3n) is 2.32. The number of nitrogens with zero attached hydrogens (tertiary/aromatic N) is 1. The van der Waals surface area contributed by atoms with Crippen LogP contribution in [-0.4, -0.2) is 23.7 Å². The van der Waals surface area contributed by atoms with Crippen molar-refractivity contribution in [1.29, 1.82) is 0 Å². The standard InChI is InChI=1S/C12H17F3N2O/c1-4-18-11(2,3)8-17-10-7-9(5-6-16-10)12(13,14)15/h5-7H,4,8H2,1-3H3,(H,16,17). The van der Waals surface area contributed by atoms with Gasteiger partial charge in [0.1, 0.15) is 5.82 Å². The minimum absolute atomic E-state index is 0.192. The number of nitrogens with one attached hydrogen (secondary N) is 1. The van der Waals surface area contributed by atoms with Gasteiger partial charge in [0, 0.05) is 19.3 Å². The lowest BCUT2D eigenvalue weighted by Crippen LogP contribution is -2.33. The van der Waals surface area contributed by atoms with E-state index in [1.807, 2.05) is 20.8 Å². The third kappa shape index (κ3) is 4.52. The molecular formula is C12H17F3N2O. The summed E-state index contributed by atoms with van der Waals surface area (Å²) in [6.07, 6.45) is -3.21. The average Bonchev–Trinajstić information content (AvgIpc) is 2.26. The Bertz CT molecular complexity index is 391. The van der Waals surface area contributed by atoms with Crippen molar-refractivity contribution >= 4 is 5.82 Å². The molecule has 1 heterocycles. The first-order valence-electron chi connectivity index (χ1n) is 5.66. The van der Waals surface area contributed by atoms with Crippen LogP contribution < -0.4 is 5.32 Å². The van der Waals surface area contributed by atoms with Gasteiger partial charge in [-0.2, -0.15) is 13.2 Å². The van der Waals surface area contributed by atoms with E-state index in [1.165, 1.54) is 0 Å². The van der Waals surface area contributed by atoms with Crippen molar-refractivity contribution in [2.24, 2.45) is 0 Å². The summed E-state index contributed by atoms with van der Waals surface area (Å²) in [5.74, 6) is 0.192. The molecule has 0 radical (unpaired) electrons. The fourth-order valence-electron chi connectivity index (χ4n) is 1.45. The van der Waals surface area contributed by atoms with Gasteiger partial charge in [-0.1, -0.05) is 0 Å². The highest BCUT2D eigenvalue weighted by molar-refractivity contribution is 5.38. The van der Waals surface area contributed by atoms with Crippen LogP contribution in [-0.2, 0) is 10.9 Å². The first-order chi connectivity index (χ1) is 8.24. The van der Waals surface area contributed by atoms with Crippen molar-refractivity contribution in [2.45, 2.75) is 32.5 Å². The molecule has 0 aliphatic heterocycles. The summed E-state index contributed by atoms with van der Waals surface area (Å²) in [4.78, 5) is 3.85. The molecule has 0 saturated heterocycles. The Kier molecular flexibility index (Phi) is 4.56. The second-order valence-corrected chi connectivity index (χ2v) is 4.47. The van der Waals surface area contributed by atoms with E-state index in [4.69, 9.17) is 4.74 Å². The van der Waals surface area contributed by atoms with Gasteiger partial charge < -0.3 is 10.1 Å². The zero-order valence-electron chi connectivity index (χ0n) is 10.6. The van der Waals surface area contributed by atoms with Crippen LogP contribution in [0.1, 0.15) is 26.3 Å². The van der Waals surface area contributed by atoms with Crippen molar-refractivity contribution in [1.82, 2.24) is 4.98 Å². The van der Waals surface area contributed by atoms with E-state index in [2.05, 4.69) is 10.3 Å². The minimum atomic E-state index is -4.35. The van der Waals surface area contributed by atoms with Crippen molar-refractivity contribution < 1.29 is 17.9 Å². The summed E-state index contributed by atoms with van der Waals surface area (Å²) >= 11 is 0. The second kappa shape index (κ2) is 5.56. The maximum atomic E-state index is 12.5. The number of hydrogen-bond donors (Lipinski definition) is 1. The predicted molar refractivity (Wildman–Crippen MR) is 63.4 cm³/mol. The van der Waals surface area contributed by atoms with Crippen LogP contribution in [0.2, 0.25) is 0 Å². The lowest BCUT2D eigenvalue weighted by atomic mass is 10.1. The number of pyridine rings is 1. The van der Waals surface area contributed by atoms with E-state index >= 15 is 0 Å². The Morgan fingerprint density at radius 2 is 2.00 bits per heavy atom. The molecule has 6 heteroatoms. The molecule has 1 aromatic heterocycles. The highest BCUT2D eigenvalue weighted by Crippen LogP contribution is 2.29. The van der Waals surface area contributed by atoms with Gasteiger partial charge in [0.05, 0.1) is 11.2 Å². The van der Waals surface area contributed by atoms with Gasteiger partial charge in [0.2, 0.25) is 0 Å². The average molecular weight is 262 g/mol. The van der Waals surface area contributed by atoms with Crippen LogP contribution in [0, 0.1) is 0 Å². The lowest BCUT2D eigenvalue weighted by Gasteiger charge is -2.25. The van der Waals surface area contributed by atoms with Crippen molar-refractivity contribution in [2.75, 3.05) is 18.5 Å². The topological polar surface area (TPSA) is 34.1 Å². The molecule has 0 aliphatic rings. The second-order valence-electron chi connectivity index (χ2n) is 4.47. The molecule has 0 spiro atoms. The molecule has 0 amide bonds. The van der Waals surface area contributed by atoms with Gasteiger partial charge in [-0.15, -0.1) is 0 Å². The number of rotatable bonds is 5. The van der Waals surface area contributed by atoms with E-state index in [0.717, 1.165) is 18.3 Å². The number of halogens is 3. The summed E-state index contributed by atoms with van der Waals surface area (Å²) in [7, 11) is 0. The molecule has 102 valence electrons. The molecule has 0 atom stereocenters. The van der Waals surface area contributed by atoms with Crippen LogP contribution in [0.25, 0.3) is 0 Å². The summed E-state index contributed by atoms with van der Waals surface area (Å²) in [6.45, 7) is 6.51. The molecule has 0 unspecified atom stereocenters. The minimum Gasteiger partial charge on any atom is -0.374 e. The van der Waals surface area contributed by atoms with Gasteiger partial charge in [-0.25, -0.2) is 4.98 Å². The quantitative estimate of drug-likeness (QED) is 0.883. The molecule has 18 heavy (non-hydrogen) atoms. The fourth-order valence-corrected chi connectivity index (χ4v) is 1.45. The molecule has 3 nitrogen and oxygen atoms in total. The SMILES string of the molecule is CCOC(C)(C)CNc1cc(C(F)(F)F)ccn1. The molecule has 0 fully saturated rings. The maximum absolute atomic E-state index is 12.5. The van der Waals surface area contributed by atoms with Crippen LogP contribution in [0.15, 0.2) is 18.3 Å². The normalized spacial score (nSPS) is 12.6. The summed E-state index contributed by atoms with van der Waals surface area (Å²) < 4.78 is 42.9. The zero-order valence-corrected chi connectivity index (χ0v) is 10.6. The van der Waals surface area contributed by atoms with Crippen LogP contribution >= 0.6 is 0 Å². The molecule has 0 bridgehead atoms. The lowest BCUT2D eigenvalue weighted by molar-refractivity contribution is -0.137. The zero-order chi connectivity index (χ0) is 13.8. The van der Waals surface area contributed by atoms with Crippen LogP contribution in [0.5, 0.6) is 0 Å². The Balaban J connectivity index is 2.69. The third-order valence-corrected chi connectivity index (χ3v) is 2.32. The van der Waals surface area contributed by atoms with E-state index in [1.54, 1.807) is 0 Å². The summed E-state index contributed by atoms with van der Waals surface area (Å²) in [5, 5.41) is 2.85. The number of anilines is 1. The molecule has 1 N–H and O–H groups in total. The molecule has 0 aromatic carbocycles. The summed E-state index contributed by atoms with van der Waals surface area (Å²) in [6, 6.07) is 1.93. The van der Waals surface area contributed by atoms with Crippen molar-refractivity contribution in [3.63, 3.8) is 0 Å². The number of hydrogen-bond acceptors (Lipinski definition) is 3. The van der Waals surface area contributed by atoms with Crippen molar-refractivity contribution in [3.8, 4) is 0 Å². The maximum Gasteiger partial charge on any atom is 0.416 e. The van der Waals surface area contributed by atoms with Gasteiger partial charge >= 0.3 is 6.18 Å². The highest BCUT2D eigenvalue weighted by atomic mass is 19.4. The first-order valence-corrected chi connectivity index (χ1v) is 5.66. The van der Waals surface area contributed by atoms with Gasteiger partial charge in [0.15, 0.2) is 0 Å². The molecule has 0 aliphatic carbocycles. The smallest absolute Gasteiger partial charge is 0.374 e. The Labute approximate surface area is 104 Å². The molecule has 1 aromatic rings. The monoisotopic (exact) mass is 262 g/mol. The predicted octanol–water partition coefficient (Wildman–Crippen LogP) is 3.33. The summed E-state index contributed by atoms with van der Waals surface area (Å²) in [5.41, 5.74) is -1.17. The fraction of sp³-hybridized carbons (Fsp3) is 0.583. The molecule has 0 saturated carbocycles. The molecule has 1 rings (SSSR count). The number of ether oxygens (including phenoxy) is 1. The Morgan fingerprint density at radius 3 is 2.56 bits per heavy atom. The van der Waals surface area contributed by atoms with E-state index < -0.39 is 17.3 Å². The van der Waals surface area contributed by atoms with Gasteiger partial charge in [0.25, 0.3) is 0 Å². The number of alkyl halides is 3. The Morgan fingerprint density at radius 1 is 1.33 bits per heavy atom. The molecular weight excluding hydrogens is 245 g/mol. The van der Waals surface area contributed by atoms with E-state index in [0.29, 0.717) is 13.2 Å². The first kappa shape index (κ1) is 14.8. The van der Waals surface area contributed by atoms with Crippen molar-refractivity contribution in [3.05, 3.63) is 23.9 Å². The van der Waals surface area contributed by atoms with E-state index in [9.17, 15) is 13.2 Å². The van der Waals surface area contributed by atoms with E-state index in [-0.39, 0.29) is 5.82 Å². The Hall–Kier alpha value is -1.30.